The number of hydrogen-bond acceptors (Lipinski definition) is 2. The maximum atomic E-state index is 3.97. The zero-order valence-electron chi connectivity index (χ0n) is 10.1. The van der Waals surface area contributed by atoms with E-state index in [1.165, 1.54) is 18.6 Å². The van der Waals surface area contributed by atoms with Crippen molar-refractivity contribution in [2.24, 2.45) is 0 Å². The van der Waals surface area contributed by atoms with E-state index >= 15 is 0 Å². The Kier molecular flexibility index (Phi) is 20.7. The predicted molar refractivity (Wildman–Crippen MR) is 80.4 cm³/mol. The van der Waals surface area contributed by atoms with Crippen molar-refractivity contribution in [1.29, 1.82) is 0 Å². The summed E-state index contributed by atoms with van der Waals surface area (Å²) in [6.45, 7) is 2.18. The monoisotopic (exact) mass is 308 g/mol. The van der Waals surface area contributed by atoms with Gasteiger partial charge in [-0.25, -0.2) is 12.1 Å². The van der Waals surface area contributed by atoms with Crippen LogP contribution in [0.25, 0.3) is 0 Å². The average molecular weight is 308 g/mol. The topological polar surface area (TPSA) is 0 Å². The van der Waals surface area contributed by atoms with E-state index in [0.717, 1.165) is 0 Å². The molecule has 0 aliphatic rings. The molecule has 0 unspecified atom stereocenters. The summed E-state index contributed by atoms with van der Waals surface area (Å²) in [5.74, 6) is 1.19. The molecule has 2 aromatic rings. The van der Waals surface area contributed by atoms with Gasteiger partial charge >= 0.3 is 0 Å². The van der Waals surface area contributed by atoms with Crippen molar-refractivity contribution in [2.45, 2.75) is 19.8 Å². The van der Waals surface area contributed by atoms with E-state index in [1.807, 2.05) is 60.7 Å². The summed E-state index contributed by atoms with van der Waals surface area (Å²) in [4.78, 5) is 0. The molecule has 0 saturated heterocycles. The van der Waals surface area contributed by atoms with Crippen molar-refractivity contribution in [3.8, 4) is 0 Å². The molecule has 2 rings (SSSR count). The minimum absolute atomic E-state index is 0. The van der Waals surface area contributed by atoms with Crippen molar-refractivity contribution < 1.29 is 17.1 Å². The Bertz CT molecular complexity index is 200. The summed E-state index contributed by atoms with van der Waals surface area (Å²) in [6, 6.07) is 20.0. The smallest absolute Gasteiger partial charge is 0.00344 e. The minimum atomic E-state index is 0. The molecule has 0 aromatic heterocycles. The standard InChI is InChI=1S/2C5H5.C4H10S2.Fe/c2*1-2-4-5-3-1;1-2-3-4-6-5;/h2*1-5H;5H,2-4H2,1H3;/q-5;-1;;. The van der Waals surface area contributed by atoms with Crippen molar-refractivity contribution >= 4 is 22.5 Å². The first-order chi connectivity index (χ1) is 7.91. The van der Waals surface area contributed by atoms with Gasteiger partial charge in [-0.05, 0) is 6.42 Å². The Labute approximate surface area is 125 Å². The molecule has 0 heterocycles. The van der Waals surface area contributed by atoms with Gasteiger partial charge < -0.3 is 30.3 Å². The molecule has 0 nitrogen and oxygen atoms in total. The molecule has 0 aliphatic heterocycles. The van der Waals surface area contributed by atoms with Gasteiger partial charge in [-0.15, -0.1) is 11.7 Å². The van der Waals surface area contributed by atoms with Gasteiger partial charge in [-0.1, -0.05) is 24.1 Å². The zero-order chi connectivity index (χ0) is 11.9. The predicted octanol–water partition coefficient (Wildman–Crippen LogP) is 5.17. The fraction of sp³-hybridized carbons (Fsp3) is 0.286. The Hall–Kier alpha value is -0.0805. The summed E-state index contributed by atoms with van der Waals surface area (Å²) in [6.07, 6.45) is 2.59. The van der Waals surface area contributed by atoms with Gasteiger partial charge in [0.05, 0.1) is 0 Å². The Morgan fingerprint density at radius 2 is 1.47 bits per heavy atom. The fourth-order valence-corrected chi connectivity index (χ4v) is 1.66. The third kappa shape index (κ3) is 18.5. The van der Waals surface area contributed by atoms with Crippen LogP contribution in [0.3, 0.4) is 0 Å². The largest absolute Gasteiger partial charge is 0.748 e. The summed E-state index contributed by atoms with van der Waals surface area (Å²) in [5.41, 5.74) is 0. The van der Waals surface area contributed by atoms with E-state index < -0.39 is 0 Å². The third-order valence-electron chi connectivity index (χ3n) is 1.70. The van der Waals surface area contributed by atoms with Crippen LogP contribution in [0.5, 0.6) is 0 Å². The number of hydrogen-bond donors (Lipinski definition) is 1. The summed E-state index contributed by atoms with van der Waals surface area (Å²) in [7, 11) is 1.62. The molecule has 0 aliphatic carbocycles. The second-order valence-electron chi connectivity index (χ2n) is 3.11. The molecule has 0 radical (unpaired) electrons. The van der Waals surface area contributed by atoms with E-state index in [1.54, 1.807) is 10.8 Å². The molecular weight excluding hydrogens is 288 g/mol. The van der Waals surface area contributed by atoms with Crippen LogP contribution in [0.15, 0.2) is 60.7 Å². The first-order valence-electron chi connectivity index (χ1n) is 5.51. The molecular formula is C14H20FeS2-6. The van der Waals surface area contributed by atoms with Gasteiger partial charge in [0.2, 0.25) is 0 Å². The Morgan fingerprint density at radius 1 is 1.00 bits per heavy atom. The molecule has 17 heavy (non-hydrogen) atoms. The maximum absolute atomic E-state index is 3.97. The summed E-state index contributed by atoms with van der Waals surface area (Å²) < 4.78 is 0. The van der Waals surface area contributed by atoms with Crippen LogP contribution in [-0.2, 0) is 17.1 Å². The normalized spacial score (nSPS) is 7.88. The molecule has 0 fully saturated rings. The SMILES string of the molecule is CCCCSS.[Fe].[cH-]1[cH-][cH-][cH-][cH-]1.c1cc[cH-]c1. The van der Waals surface area contributed by atoms with Crippen molar-refractivity contribution in [3.05, 3.63) is 60.7 Å². The fourth-order valence-electron chi connectivity index (χ4n) is 0.850. The van der Waals surface area contributed by atoms with E-state index in [0.29, 0.717) is 0 Å². The average Bonchev–Trinajstić information content (AvgIpc) is 3.00. The first-order valence-corrected chi connectivity index (χ1v) is 7.55. The van der Waals surface area contributed by atoms with Crippen LogP contribution in [-0.4, -0.2) is 5.75 Å². The van der Waals surface area contributed by atoms with Crippen LogP contribution in [0.2, 0.25) is 0 Å². The van der Waals surface area contributed by atoms with Crippen molar-refractivity contribution in [3.63, 3.8) is 0 Å². The molecule has 0 spiro atoms. The second kappa shape index (κ2) is 18.3. The van der Waals surface area contributed by atoms with Gasteiger partial charge in [-0.2, -0.15) is 18.2 Å². The van der Waals surface area contributed by atoms with Gasteiger partial charge in [0.1, 0.15) is 0 Å². The molecule has 3 heteroatoms. The first kappa shape index (κ1) is 19.3. The number of thiol groups is 1. The molecule has 0 amide bonds. The van der Waals surface area contributed by atoms with Crippen molar-refractivity contribution in [2.75, 3.05) is 5.75 Å². The molecule has 0 atom stereocenters. The Balaban J connectivity index is 0. The van der Waals surface area contributed by atoms with Crippen LogP contribution < -0.4 is 0 Å². The number of unbranched alkanes of at least 4 members (excludes halogenated alkanes) is 1. The minimum Gasteiger partial charge on any atom is -0.748 e. The molecule has 2 aromatic carbocycles. The van der Waals surface area contributed by atoms with E-state index in [4.69, 9.17) is 0 Å². The van der Waals surface area contributed by atoms with E-state index in [2.05, 4.69) is 18.6 Å². The van der Waals surface area contributed by atoms with Crippen LogP contribution >= 0.6 is 22.5 Å². The van der Waals surface area contributed by atoms with Crippen LogP contribution in [0.1, 0.15) is 19.8 Å². The van der Waals surface area contributed by atoms with Gasteiger partial charge in [0.25, 0.3) is 0 Å². The van der Waals surface area contributed by atoms with Crippen LogP contribution in [0.4, 0.5) is 0 Å². The van der Waals surface area contributed by atoms with Gasteiger partial charge in [0, 0.05) is 22.8 Å². The summed E-state index contributed by atoms with van der Waals surface area (Å²) >= 11 is 3.97. The quantitative estimate of drug-likeness (QED) is 0.268. The van der Waals surface area contributed by atoms with Crippen LogP contribution in [0, 0.1) is 0 Å². The maximum Gasteiger partial charge on any atom is 0.00344 e. The molecule has 0 bridgehead atoms. The third-order valence-corrected chi connectivity index (χ3v) is 2.72. The Morgan fingerprint density at radius 3 is 1.65 bits per heavy atom. The van der Waals surface area contributed by atoms with E-state index in [-0.39, 0.29) is 17.1 Å². The van der Waals surface area contributed by atoms with Gasteiger partial charge in [-0.3, -0.25) is 0 Å². The zero-order valence-corrected chi connectivity index (χ0v) is 12.9. The molecule has 102 valence electrons. The van der Waals surface area contributed by atoms with Crippen molar-refractivity contribution in [1.82, 2.24) is 0 Å². The molecule has 0 saturated carbocycles. The molecule has 0 N–H and O–H groups in total. The van der Waals surface area contributed by atoms with Gasteiger partial charge in [0.15, 0.2) is 0 Å². The van der Waals surface area contributed by atoms with E-state index in [9.17, 15) is 0 Å². The second-order valence-corrected chi connectivity index (χ2v) is 4.55. The summed E-state index contributed by atoms with van der Waals surface area (Å²) in [5, 5.41) is 0. The number of rotatable bonds is 3.